The van der Waals surface area contributed by atoms with Crippen molar-refractivity contribution in [2.45, 2.75) is 39.2 Å². The van der Waals surface area contributed by atoms with Gasteiger partial charge < -0.3 is 16.0 Å². The van der Waals surface area contributed by atoms with E-state index in [1.54, 1.807) is 6.20 Å². The van der Waals surface area contributed by atoms with Gasteiger partial charge in [0.25, 0.3) is 0 Å². The molecule has 2 rings (SSSR count). The number of nitrogens with two attached hydrogens (primary N) is 1. The van der Waals surface area contributed by atoms with E-state index in [2.05, 4.69) is 27.1 Å². The number of aryl methyl sites for hydroxylation is 1. The number of hydrogen-bond acceptors (Lipinski definition) is 5. The average Bonchev–Trinajstić information content (AvgIpc) is 2.37. The van der Waals surface area contributed by atoms with Crippen LogP contribution in [0.2, 0.25) is 0 Å². The van der Waals surface area contributed by atoms with Crippen LogP contribution in [-0.4, -0.2) is 40.5 Å². The Balaban J connectivity index is 1.89. The van der Waals surface area contributed by atoms with Crippen molar-refractivity contribution in [2.75, 3.05) is 30.7 Å². The molecule has 1 saturated heterocycles. The predicted octanol–water partition coefficient (Wildman–Crippen LogP) is 1.65. The first-order chi connectivity index (χ1) is 8.69. The molecule has 0 bridgehead atoms. The lowest BCUT2D eigenvalue weighted by atomic mass is 10.0. The molecule has 0 saturated carbocycles. The Morgan fingerprint density at radius 1 is 1.44 bits per heavy atom. The normalized spacial score (nSPS) is 17.9. The molecule has 5 heteroatoms. The van der Waals surface area contributed by atoms with E-state index in [9.17, 15) is 0 Å². The lowest BCUT2D eigenvalue weighted by molar-refractivity contribution is 0.219. The van der Waals surface area contributed by atoms with E-state index in [-0.39, 0.29) is 0 Å². The van der Waals surface area contributed by atoms with Gasteiger partial charge in [-0.1, -0.05) is 6.92 Å². The molecule has 0 spiro atoms. The van der Waals surface area contributed by atoms with Crippen molar-refractivity contribution in [1.82, 2.24) is 14.9 Å². The van der Waals surface area contributed by atoms with Crippen LogP contribution >= 0.6 is 0 Å². The van der Waals surface area contributed by atoms with Gasteiger partial charge in [0, 0.05) is 30.9 Å². The fourth-order valence-electron chi connectivity index (χ4n) is 2.41. The molecule has 5 nitrogen and oxygen atoms in total. The first kappa shape index (κ1) is 13.1. The van der Waals surface area contributed by atoms with Crippen molar-refractivity contribution >= 4 is 11.8 Å². The largest absolute Gasteiger partial charge is 0.368 e. The molecule has 0 aliphatic carbocycles. The standard InChI is InChI=1S/C13H23N5/c1-3-6-18-7-4-11(5-8-18)16-12-10(2)9-15-13(14)17-12/h9,11H,3-8H2,1-2H3,(H3,14,15,16,17). The summed E-state index contributed by atoms with van der Waals surface area (Å²) in [5.41, 5.74) is 6.68. The number of anilines is 2. The molecule has 100 valence electrons. The summed E-state index contributed by atoms with van der Waals surface area (Å²) in [5.74, 6) is 1.22. The minimum Gasteiger partial charge on any atom is -0.368 e. The first-order valence-corrected chi connectivity index (χ1v) is 6.77. The van der Waals surface area contributed by atoms with E-state index < -0.39 is 0 Å². The highest BCUT2D eigenvalue weighted by Crippen LogP contribution is 2.18. The zero-order valence-electron chi connectivity index (χ0n) is 11.3. The van der Waals surface area contributed by atoms with Crippen molar-refractivity contribution in [1.29, 1.82) is 0 Å². The van der Waals surface area contributed by atoms with Crippen LogP contribution in [0.15, 0.2) is 6.20 Å². The Morgan fingerprint density at radius 3 is 2.83 bits per heavy atom. The third-order valence-electron chi connectivity index (χ3n) is 3.46. The Bertz CT molecular complexity index is 385. The summed E-state index contributed by atoms with van der Waals surface area (Å²) in [6.07, 6.45) is 5.35. The second-order valence-corrected chi connectivity index (χ2v) is 5.02. The molecule has 2 heterocycles. The zero-order valence-corrected chi connectivity index (χ0v) is 11.3. The molecule has 0 aromatic carbocycles. The van der Waals surface area contributed by atoms with Crippen LogP contribution in [0.1, 0.15) is 31.7 Å². The van der Waals surface area contributed by atoms with Crippen LogP contribution in [-0.2, 0) is 0 Å². The van der Waals surface area contributed by atoms with Gasteiger partial charge in [0.2, 0.25) is 5.95 Å². The number of nitrogen functional groups attached to an aromatic ring is 1. The molecule has 0 unspecified atom stereocenters. The molecule has 1 aliphatic heterocycles. The Labute approximate surface area is 109 Å². The van der Waals surface area contributed by atoms with Gasteiger partial charge >= 0.3 is 0 Å². The summed E-state index contributed by atoms with van der Waals surface area (Å²) in [6.45, 7) is 7.80. The van der Waals surface area contributed by atoms with Crippen molar-refractivity contribution < 1.29 is 0 Å². The summed E-state index contributed by atoms with van der Waals surface area (Å²) < 4.78 is 0. The minimum atomic E-state index is 0.339. The summed E-state index contributed by atoms with van der Waals surface area (Å²) in [6, 6.07) is 0.506. The second kappa shape index (κ2) is 6.00. The van der Waals surface area contributed by atoms with Gasteiger partial charge in [-0.15, -0.1) is 0 Å². The highest BCUT2D eigenvalue weighted by atomic mass is 15.2. The molecule has 1 aromatic rings. The van der Waals surface area contributed by atoms with Gasteiger partial charge in [-0.3, -0.25) is 0 Å². The van der Waals surface area contributed by atoms with E-state index in [4.69, 9.17) is 5.73 Å². The van der Waals surface area contributed by atoms with Gasteiger partial charge in [-0.25, -0.2) is 4.98 Å². The summed E-state index contributed by atoms with van der Waals surface area (Å²) in [5, 5.41) is 3.49. The fourth-order valence-corrected chi connectivity index (χ4v) is 2.41. The molecule has 18 heavy (non-hydrogen) atoms. The monoisotopic (exact) mass is 249 g/mol. The lowest BCUT2D eigenvalue weighted by Gasteiger charge is -2.32. The van der Waals surface area contributed by atoms with E-state index in [1.807, 2.05) is 6.92 Å². The van der Waals surface area contributed by atoms with E-state index in [1.165, 1.54) is 38.9 Å². The first-order valence-electron chi connectivity index (χ1n) is 6.77. The molecule has 1 fully saturated rings. The Morgan fingerprint density at radius 2 is 2.17 bits per heavy atom. The number of piperidine rings is 1. The lowest BCUT2D eigenvalue weighted by Crippen LogP contribution is -2.39. The van der Waals surface area contributed by atoms with Crippen LogP contribution < -0.4 is 11.1 Å². The second-order valence-electron chi connectivity index (χ2n) is 5.02. The van der Waals surface area contributed by atoms with Gasteiger partial charge in [0.05, 0.1) is 0 Å². The van der Waals surface area contributed by atoms with Crippen LogP contribution in [0.5, 0.6) is 0 Å². The summed E-state index contributed by atoms with van der Waals surface area (Å²) in [7, 11) is 0. The smallest absolute Gasteiger partial charge is 0.221 e. The van der Waals surface area contributed by atoms with E-state index in [0.717, 1.165) is 11.4 Å². The molecule has 0 radical (unpaired) electrons. The van der Waals surface area contributed by atoms with Crippen LogP contribution in [0.25, 0.3) is 0 Å². The van der Waals surface area contributed by atoms with Gasteiger partial charge in [-0.05, 0) is 32.7 Å². The van der Waals surface area contributed by atoms with Crippen LogP contribution in [0, 0.1) is 6.92 Å². The summed E-state index contributed by atoms with van der Waals surface area (Å²) >= 11 is 0. The van der Waals surface area contributed by atoms with E-state index in [0.29, 0.717) is 12.0 Å². The molecule has 0 atom stereocenters. The number of aromatic nitrogens is 2. The predicted molar refractivity (Wildman–Crippen MR) is 74.6 cm³/mol. The molecule has 0 amide bonds. The number of hydrogen-bond donors (Lipinski definition) is 2. The average molecular weight is 249 g/mol. The van der Waals surface area contributed by atoms with Gasteiger partial charge in [0.15, 0.2) is 0 Å². The number of nitrogens with one attached hydrogen (secondary N) is 1. The third-order valence-corrected chi connectivity index (χ3v) is 3.46. The molecule has 3 N–H and O–H groups in total. The minimum absolute atomic E-state index is 0.339. The number of rotatable bonds is 4. The molecule has 1 aliphatic rings. The quantitative estimate of drug-likeness (QED) is 0.849. The van der Waals surface area contributed by atoms with Crippen molar-refractivity contribution in [3.05, 3.63) is 11.8 Å². The van der Waals surface area contributed by atoms with Crippen molar-refractivity contribution in [2.24, 2.45) is 0 Å². The maximum atomic E-state index is 5.62. The molecule has 1 aromatic heterocycles. The zero-order chi connectivity index (χ0) is 13.0. The summed E-state index contributed by atoms with van der Waals surface area (Å²) in [4.78, 5) is 10.8. The number of nitrogens with zero attached hydrogens (tertiary/aromatic N) is 3. The SMILES string of the molecule is CCCN1CCC(Nc2nc(N)ncc2C)CC1. The number of likely N-dealkylation sites (tertiary alicyclic amines) is 1. The molecular formula is C13H23N5. The van der Waals surface area contributed by atoms with Crippen LogP contribution in [0.4, 0.5) is 11.8 Å². The Kier molecular flexibility index (Phi) is 4.36. The maximum absolute atomic E-state index is 5.62. The van der Waals surface area contributed by atoms with E-state index >= 15 is 0 Å². The topological polar surface area (TPSA) is 67.1 Å². The maximum Gasteiger partial charge on any atom is 0.221 e. The highest BCUT2D eigenvalue weighted by Gasteiger charge is 2.19. The van der Waals surface area contributed by atoms with Crippen LogP contribution in [0.3, 0.4) is 0 Å². The third kappa shape index (κ3) is 3.32. The van der Waals surface area contributed by atoms with Crippen molar-refractivity contribution in [3.63, 3.8) is 0 Å². The fraction of sp³-hybridized carbons (Fsp3) is 0.692. The van der Waals surface area contributed by atoms with Gasteiger partial charge in [-0.2, -0.15) is 4.98 Å². The highest BCUT2D eigenvalue weighted by molar-refractivity contribution is 5.45. The Hall–Kier alpha value is -1.36. The van der Waals surface area contributed by atoms with Crippen molar-refractivity contribution in [3.8, 4) is 0 Å². The van der Waals surface area contributed by atoms with Gasteiger partial charge in [0.1, 0.15) is 5.82 Å². The molecular weight excluding hydrogens is 226 g/mol.